The number of carbonyl (C=O) groups is 2. The highest BCUT2D eigenvalue weighted by Crippen LogP contribution is 2.24. The summed E-state index contributed by atoms with van der Waals surface area (Å²) in [6.07, 6.45) is 0. The first-order valence-electron chi connectivity index (χ1n) is 7.75. The lowest BCUT2D eigenvalue weighted by Gasteiger charge is -2.09. The van der Waals surface area contributed by atoms with Crippen molar-refractivity contribution in [2.45, 2.75) is 27.7 Å². The van der Waals surface area contributed by atoms with Crippen LogP contribution in [0.3, 0.4) is 0 Å². The van der Waals surface area contributed by atoms with E-state index in [1.807, 2.05) is 39.0 Å². The molecule has 0 fully saturated rings. The Hall–Kier alpha value is -2.56. The average Bonchev–Trinajstić information content (AvgIpc) is 2.75. The third kappa shape index (κ3) is 3.20. The van der Waals surface area contributed by atoms with Crippen molar-refractivity contribution in [3.63, 3.8) is 0 Å². The molecule has 0 N–H and O–H groups in total. The highest BCUT2D eigenvalue weighted by Gasteiger charge is 2.25. The third-order valence-corrected chi connectivity index (χ3v) is 4.28. The van der Waals surface area contributed by atoms with Crippen molar-refractivity contribution in [1.29, 1.82) is 0 Å². The number of ether oxygens (including phenoxy) is 2. The van der Waals surface area contributed by atoms with Gasteiger partial charge in [-0.05, 0) is 44.9 Å². The van der Waals surface area contributed by atoms with E-state index in [9.17, 15) is 9.59 Å². The first kappa shape index (κ1) is 17.8. The first-order valence-corrected chi connectivity index (χ1v) is 7.75. The first-order chi connectivity index (χ1) is 11.3. The molecule has 24 heavy (non-hydrogen) atoms. The lowest BCUT2D eigenvalue weighted by molar-refractivity contribution is 0.0588. The van der Waals surface area contributed by atoms with E-state index in [2.05, 4.69) is 0 Å². The van der Waals surface area contributed by atoms with Gasteiger partial charge in [0.15, 0.2) is 6.61 Å². The summed E-state index contributed by atoms with van der Waals surface area (Å²) in [6.45, 7) is 7.44. The van der Waals surface area contributed by atoms with Gasteiger partial charge in [-0.2, -0.15) is 0 Å². The second-order valence-corrected chi connectivity index (χ2v) is 5.97. The average molecular weight is 329 g/mol. The molecule has 5 heteroatoms. The highest BCUT2D eigenvalue weighted by molar-refractivity contribution is 6.03. The van der Waals surface area contributed by atoms with E-state index >= 15 is 0 Å². The number of carbonyl (C=O) groups excluding carboxylic acids is 2. The largest absolute Gasteiger partial charge is 0.485 e. The normalized spacial score (nSPS) is 10.6. The second kappa shape index (κ2) is 6.91. The quantitative estimate of drug-likeness (QED) is 0.624. The predicted octanol–water partition coefficient (Wildman–Crippen LogP) is 3.31. The molecule has 2 aromatic rings. The van der Waals surface area contributed by atoms with Crippen LogP contribution in [0.2, 0.25) is 0 Å². The Morgan fingerprint density at radius 2 is 1.79 bits per heavy atom. The maximum atomic E-state index is 12.6. The number of ketones is 1. The van der Waals surface area contributed by atoms with E-state index in [-0.39, 0.29) is 12.4 Å². The van der Waals surface area contributed by atoms with Crippen LogP contribution in [0.25, 0.3) is 0 Å². The van der Waals surface area contributed by atoms with Gasteiger partial charge < -0.3 is 14.0 Å². The predicted molar refractivity (Wildman–Crippen MR) is 92.0 cm³/mol. The zero-order valence-corrected chi connectivity index (χ0v) is 15.0. The van der Waals surface area contributed by atoms with Crippen LogP contribution in [0, 0.1) is 27.7 Å². The van der Waals surface area contributed by atoms with Crippen LogP contribution >= 0.6 is 0 Å². The number of esters is 1. The van der Waals surface area contributed by atoms with Gasteiger partial charge >= 0.3 is 5.97 Å². The molecule has 0 saturated carbocycles. The van der Waals surface area contributed by atoms with E-state index in [0.29, 0.717) is 22.6 Å². The number of aromatic nitrogens is 1. The van der Waals surface area contributed by atoms with Gasteiger partial charge in [0, 0.05) is 18.3 Å². The van der Waals surface area contributed by atoms with Crippen molar-refractivity contribution in [1.82, 2.24) is 4.57 Å². The van der Waals surface area contributed by atoms with Crippen molar-refractivity contribution < 1.29 is 19.1 Å². The molecule has 128 valence electrons. The van der Waals surface area contributed by atoms with Gasteiger partial charge in [0.05, 0.1) is 7.11 Å². The molecule has 0 saturated heterocycles. The summed E-state index contributed by atoms with van der Waals surface area (Å²) in [4.78, 5) is 24.5. The van der Waals surface area contributed by atoms with Crippen molar-refractivity contribution in [3.05, 3.63) is 51.8 Å². The van der Waals surface area contributed by atoms with Crippen LogP contribution in [-0.2, 0) is 11.8 Å². The molecule has 0 aliphatic rings. The minimum absolute atomic E-state index is 0.0732. The monoisotopic (exact) mass is 329 g/mol. The summed E-state index contributed by atoms with van der Waals surface area (Å²) >= 11 is 0. The van der Waals surface area contributed by atoms with Gasteiger partial charge in [-0.3, -0.25) is 4.79 Å². The van der Waals surface area contributed by atoms with Crippen LogP contribution in [-0.4, -0.2) is 30.0 Å². The van der Waals surface area contributed by atoms with E-state index in [1.165, 1.54) is 7.11 Å². The zero-order valence-electron chi connectivity index (χ0n) is 15.0. The summed E-state index contributed by atoms with van der Waals surface area (Å²) in [6, 6.07) is 5.82. The van der Waals surface area contributed by atoms with Crippen LogP contribution in [0.4, 0.5) is 0 Å². The van der Waals surface area contributed by atoms with Crippen LogP contribution in [0.15, 0.2) is 18.2 Å². The van der Waals surface area contributed by atoms with Crippen molar-refractivity contribution in [3.8, 4) is 5.75 Å². The Labute approximate surface area is 142 Å². The molecular weight excluding hydrogens is 306 g/mol. The van der Waals surface area contributed by atoms with Gasteiger partial charge in [0.1, 0.15) is 11.4 Å². The van der Waals surface area contributed by atoms with E-state index < -0.39 is 5.97 Å². The fourth-order valence-electron chi connectivity index (χ4n) is 2.95. The zero-order chi connectivity index (χ0) is 18.0. The Balaban J connectivity index is 2.26. The molecule has 1 aromatic heterocycles. The summed E-state index contributed by atoms with van der Waals surface area (Å²) in [5.41, 5.74) is 4.38. The lowest BCUT2D eigenvalue weighted by Crippen LogP contribution is -2.14. The van der Waals surface area contributed by atoms with Crippen molar-refractivity contribution in [2.24, 2.45) is 7.05 Å². The van der Waals surface area contributed by atoms with Gasteiger partial charge in [-0.1, -0.05) is 17.7 Å². The summed E-state index contributed by atoms with van der Waals surface area (Å²) in [5, 5.41) is 0. The molecule has 0 unspecified atom stereocenters. The Kier molecular flexibility index (Phi) is 5.12. The minimum atomic E-state index is -0.451. The third-order valence-electron chi connectivity index (χ3n) is 4.28. The second-order valence-electron chi connectivity index (χ2n) is 5.97. The molecule has 2 rings (SSSR count). The van der Waals surface area contributed by atoms with E-state index in [0.717, 1.165) is 16.8 Å². The smallest absolute Gasteiger partial charge is 0.354 e. The van der Waals surface area contributed by atoms with Gasteiger partial charge in [0.2, 0.25) is 5.78 Å². The number of benzene rings is 1. The molecule has 5 nitrogen and oxygen atoms in total. The molecule has 0 atom stereocenters. The van der Waals surface area contributed by atoms with Gasteiger partial charge in [-0.25, -0.2) is 4.79 Å². The molecule has 1 aromatic carbocycles. The molecule has 0 spiro atoms. The fraction of sp³-hybridized carbons (Fsp3) is 0.368. The summed E-state index contributed by atoms with van der Waals surface area (Å²) < 4.78 is 12.2. The van der Waals surface area contributed by atoms with Crippen LogP contribution < -0.4 is 4.74 Å². The fourth-order valence-corrected chi connectivity index (χ4v) is 2.95. The minimum Gasteiger partial charge on any atom is -0.485 e. The number of Topliss-reactive ketones (excluding diaryl/α,β-unsaturated/α-hetero) is 1. The van der Waals surface area contributed by atoms with Crippen LogP contribution in [0.5, 0.6) is 5.75 Å². The Morgan fingerprint density at radius 1 is 1.12 bits per heavy atom. The number of rotatable bonds is 5. The Bertz CT molecular complexity index is 802. The van der Waals surface area contributed by atoms with E-state index in [1.54, 1.807) is 18.5 Å². The lowest BCUT2D eigenvalue weighted by atomic mass is 10.1. The summed E-state index contributed by atoms with van der Waals surface area (Å²) in [7, 11) is 3.07. The number of hydrogen-bond donors (Lipinski definition) is 0. The number of aryl methyl sites for hydroxylation is 2. The molecule has 0 amide bonds. The number of methoxy groups -OCH3 is 1. The topological polar surface area (TPSA) is 57.5 Å². The standard InChI is InChI=1S/C19H23NO4/c1-11-7-8-16(12(2)9-11)24-10-15(21)17-13(3)18(19(22)23-6)20(5)14(17)4/h7-9H,10H2,1-6H3. The van der Waals surface area contributed by atoms with Crippen LogP contribution in [0.1, 0.15) is 43.2 Å². The molecular formula is C19H23NO4. The number of nitrogens with zero attached hydrogens (tertiary/aromatic N) is 1. The van der Waals surface area contributed by atoms with Gasteiger partial charge in [-0.15, -0.1) is 0 Å². The SMILES string of the molecule is COC(=O)c1c(C)c(C(=O)COc2ccc(C)cc2C)c(C)n1C. The summed E-state index contributed by atoms with van der Waals surface area (Å²) in [5.74, 6) is 0.0801. The molecule has 0 aliphatic carbocycles. The maximum absolute atomic E-state index is 12.6. The molecule has 0 aliphatic heterocycles. The molecule has 0 radical (unpaired) electrons. The van der Waals surface area contributed by atoms with E-state index in [4.69, 9.17) is 9.47 Å². The highest BCUT2D eigenvalue weighted by atomic mass is 16.5. The van der Waals surface area contributed by atoms with Crippen molar-refractivity contribution >= 4 is 11.8 Å². The van der Waals surface area contributed by atoms with Gasteiger partial charge in [0.25, 0.3) is 0 Å². The van der Waals surface area contributed by atoms with Crippen molar-refractivity contribution in [2.75, 3.05) is 13.7 Å². The molecule has 0 bridgehead atoms. The Morgan fingerprint density at radius 3 is 2.38 bits per heavy atom. The number of hydrogen-bond acceptors (Lipinski definition) is 4. The molecule has 1 heterocycles. The maximum Gasteiger partial charge on any atom is 0.354 e.